The molecule has 4 rings (SSSR count). The highest BCUT2D eigenvalue weighted by Gasteiger charge is 2.43. The molecular weight excluding hydrogens is 410 g/mol. The largest absolute Gasteiger partial charge is 0.356 e. The highest BCUT2D eigenvalue weighted by atomic mass is 16.2. The fraction of sp³-hybridized carbons (Fsp3) is 0.321. The van der Waals surface area contributed by atoms with E-state index in [1.165, 1.54) is 11.1 Å². The molecule has 0 radical (unpaired) electrons. The van der Waals surface area contributed by atoms with Crippen LogP contribution >= 0.6 is 0 Å². The van der Waals surface area contributed by atoms with Crippen LogP contribution < -0.4 is 5.32 Å². The monoisotopic (exact) mass is 441 g/mol. The number of piperidine rings is 1. The smallest absolute Gasteiger partial charge is 0.255 e. The summed E-state index contributed by atoms with van der Waals surface area (Å²) in [7, 11) is 0. The second-order valence-corrected chi connectivity index (χ2v) is 8.95. The molecule has 0 aliphatic carbocycles. The van der Waals surface area contributed by atoms with E-state index in [1.807, 2.05) is 11.8 Å². The van der Waals surface area contributed by atoms with E-state index in [1.54, 1.807) is 24.5 Å². The summed E-state index contributed by atoms with van der Waals surface area (Å²) < 4.78 is 0. The summed E-state index contributed by atoms with van der Waals surface area (Å²) in [4.78, 5) is 32.3. The van der Waals surface area contributed by atoms with Gasteiger partial charge in [-0.2, -0.15) is 0 Å². The number of carbonyl (C=O) groups is 2. The third-order valence-electron chi connectivity index (χ3n) is 6.47. The molecular formula is C28H31N3O2. The van der Waals surface area contributed by atoms with Gasteiger partial charge in [-0.25, -0.2) is 0 Å². The van der Waals surface area contributed by atoms with Gasteiger partial charge in [-0.3, -0.25) is 14.6 Å². The molecule has 1 N–H and O–H groups in total. The highest BCUT2D eigenvalue weighted by molar-refractivity contribution is 5.94. The number of benzene rings is 2. The van der Waals surface area contributed by atoms with Crippen LogP contribution in [0.25, 0.3) is 11.1 Å². The Morgan fingerprint density at radius 1 is 1.03 bits per heavy atom. The van der Waals surface area contributed by atoms with Gasteiger partial charge >= 0.3 is 0 Å². The lowest BCUT2D eigenvalue weighted by Gasteiger charge is -2.42. The van der Waals surface area contributed by atoms with Crippen LogP contribution in [0.2, 0.25) is 0 Å². The lowest BCUT2D eigenvalue weighted by molar-refractivity contribution is -0.133. The van der Waals surface area contributed by atoms with Gasteiger partial charge in [0.1, 0.15) is 0 Å². The van der Waals surface area contributed by atoms with Gasteiger partial charge in [-0.05, 0) is 61.9 Å². The standard InChI is InChI=1S/C28H31N3O2/c1-3-30-27(33)28(15-5-17-31(20-28)26(32)25-6-4-16-29-19-25)18-22-9-13-24(14-10-22)23-11-7-21(2)8-12-23/h4,6-14,16,19H,3,5,15,17-18,20H2,1-2H3,(H,30,33)/t28-/m1/s1. The molecule has 1 aliphatic heterocycles. The summed E-state index contributed by atoms with van der Waals surface area (Å²) in [5.74, 6) is -0.0394. The summed E-state index contributed by atoms with van der Waals surface area (Å²) in [6, 6.07) is 20.5. The molecule has 170 valence electrons. The van der Waals surface area contributed by atoms with Crippen molar-refractivity contribution in [2.45, 2.75) is 33.1 Å². The first-order valence-electron chi connectivity index (χ1n) is 11.6. The molecule has 1 fully saturated rings. The minimum atomic E-state index is -0.641. The second kappa shape index (κ2) is 9.99. The molecule has 1 atom stereocenters. The molecule has 2 aromatic carbocycles. The maximum atomic E-state index is 13.3. The first-order chi connectivity index (χ1) is 16.0. The van der Waals surface area contributed by atoms with Crippen LogP contribution in [0, 0.1) is 12.3 Å². The molecule has 2 heterocycles. The number of pyridine rings is 1. The van der Waals surface area contributed by atoms with Crippen molar-refractivity contribution in [2.75, 3.05) is 19.6 Å². The Morgan fingerprint density at radius 2 is 1.73 bits per heavy atom. The summed E-state index contributed by atoms with van der Waals surface area (Å²) >= 11 is 0. The minimum absolute atomic E-state index is 0.0243. The Bertz CT molecular complexity index is 1090. The van der Waals surface area contributed by atoms with E-state index in [-0.39, 0.29) is 11.8 Å². The molecule has 0 bridgehead atoms. The molecule has 0 saturated carbocycles. The van der Waals surface area contributed by atoms with Crippen LogP contribution in [0.15, 0.2) is 73.1 Å². The number of rotatable bonds is 6. The van der Waals surface area contributed by atoms with Crippen molar-refractivity contribution in [1.82, 2.24) is 15.2 Å². The average molecular weight is 442 g/mol. The lowest BCUT2D eigenvalue weighted by atomic mass is 9.74. The number of amides is 2. The third-order valence-corrected chi connectivity index (χ3v) is 6.47. The predicted octanol–water partition coefficient (Wildman–Crippen LogP) is 4.66. The number of aryl methyl sites for hydroxylation is 1. The van der Waals surface area contributed by atoms with E-state index in [4.69, 9.17) is 0 Å². The van der Waals surface area contributed by atoms with Gasteiger partial charge in [0.15, 0.2) is 0 Å². The second-order valence-electron chi connectivity index (χ2n) is 8.95. The van der Waals surface area contributed by atoms with E-state index < -0.39 is 5.41 Å². The van der Waals surface area contributed by atoms with Gasteiger partial charge in [0.25, 0.3) is 5.91 Å². The van der Waals surface area contributed by atoms with Crippen molar-refractivity contribution in [1.29, 1.82) is 0 Å². The SMILES string of the molecule is CCNC(=O)[C@@]1(Cc2ccc(-c3ccc(C)cc3)cc2)CCCN(C(=O)c2cccnc2)C1. The molecule has 3 aromatic rings. The van der Waals surface area contributed by atoms with Crippen LogP contribution in [-0.4, -0.2) is 41.3 Å². The number of carbonyl (C=O) groups excluding carboxylic acids is 2. The Labute approximate surface area is 195 Å². The van der Waals surface area contributed by atoms with E-state index in [2.05, 4.69) is 65.8 Å². The summed E-state index contributed by atoms with van der Waals surface area (Å²) in [5.41, 5.74) is 4.60. The van der Waals surface area contributed by atoms with Gasteiger partial charge < -0.3 is 10.2 Å². The molecule has 2 amide bonds. The first-order valence-corrected chi connectivity index (χ1v) is 11.6. The number of nitrogens with zero attached hydrogens (tertiary/aromatic N) is 2. The number of aromatic nitrogens is 1. The maximum Gasteiger partial charge on any atom is 0.255 e. The number of nitrogens with one attached hydrogen (secondary N) is 1. The molecule has 0 spiro atoms. The van der Waals surface area contributed by atoms with E-state index >= 15 is 0 Å². The van der Waals surface area contributed by atoms with Gasteiger partial charge in [0, 0.05) is 32.0 Å². The Kier molecular flexibility index (Phi) is 6.87. The lowest BCUT2D eigenvalue weighted by Crippen LogP contribution is -2.54. The molecule has 1 saturated heterocycles. The molecule has 33 heavy (non-hydrogen) atoms. The van der Waals surface area contributed by atoms with Gasteiger partial charge in [0.05, 0.1) is 11.0 Å². The third kappa shape index (κ3) is 5.14. The molecule has 5 heteroatoms. The molecule has 1 aliphatic rings. The predicted molar refractivity (Wildman–Crippen MR) is 131 cm³/mol. The average Bonchev–Trinajstić information content (AvgIpc) is 2.85. The topological polar surface area (TPSA) is 62.3 Å². The fourth-order valence-electron chi connectivity index (χ4n) is 4.69. The van der Waals surface area contributed by atoms with Crippen LogP contribution in [0.3, 0.4) is 0 Å². The van der Waals surface area contributed by atoms with Gasteiger partial charge in [0.2, 0.25) is 5.91 Å². The fourth-order valence-corrected chi connectivity index (χ4v) is 4.69. The normalized spacial score (nSPS) is 18.1. The zero-order valence-electron chi connectivity index (χ0n) is 19.4. The first kappa shape index (κ1) is 22.7. The highest BCUT2D eigenvalue weighted by Crippen LogP contribution is 2.35. The maximum absolute atomic E-state index is 13.3. The van der Waals surface area contributed by atoms with Crippen molar-refractivity contribution >= 4 is 11.8 Å². The van der Waals surface area contributed by atoms with Gasteiger partial charge in [-0.1, -0.05) is 54.1 Å². The zero-order chi connectivity index (χ0) is 23.3. The molecule has 5 nitrogen and oxygen atoms in total. The van der Waals surface area contributed by atoms with Crippen molar-refractivity contribution in [3.8, 4) is 11.1 Å². The van der Waals surface area contributed by atoms with E-state index in [0.29, 0.717) is 31.6 Å². The number of likely N-dealkylation sites (tertiary alicyclic amines) is 1. The van der Waals surface area contributed by atoms with E-state index in [9.17, 15) is 9.59 Å². The van der Waals surface area contributed by atoms with Crippen molar-refractivity contribution in [3.63, 3.8) is 0 Å². The van der Waals surface area contributed by atoms with Gasteiger partial charge in [-0.15, -0.1) is 0 Å². The Hall–Kier alpha value is -3.47. The Balaban J connectivity index is 1.57. The van der Waals surface area contributed by atoms with Crippen molar-refractivity contribution < 1.29 is 9.59 Å². The molecule has 0 unspecified atom stereocenters. The van der Waals surface area contributed by atoms with Crippen LogP contribution in [0.4, 0.5) is 0 Å². The van der Waals surface area contributed by atoms with Crippen LogP contribution in [0.5, 0.6) is 0 Å². The molecule has 1 aromatic heterocycles. The quantitative estimate of drug-likeness (QED) is 0.605. The van der Waals surface area contributed by atoms with E-state index in [0.717, 1.165) is 24.0 Å². The zero-order valence-corrected chi connectivity index (χ0v) is 19.4. The van der Waals surface area contributed by atoms with Crippen LogP contribution in [-0.2, 0) is 11.2 Å². The van der Waals surface area contributed by atoms with Crippen molar-refractivity contribution in [2.24, 2.45) is 5.41 Å². The number of hydrogen-bond acceptors (Lipinski definition) is 3. The Morgan fingerprint density at radius 3 is 2.36 bits per heavy atom. The summed E-state index contributed by atoms with van der Waals surface area (Å²) in [6.45, 7) is 5.65. The summed E-state index contributed by atoms with van der Waals surface area (Å²) in [6.07, 6.45) is 5.41. The summed E-state index contributed by atoms with van der Waals surface area (Å²) in [5, 5.41) is 3.03. The van der Waals surface area contributed by atoms with Crippen molar-refractivity contribution in [3.05, 3.63) is 89.7 Å². The minimum Gasteiger partial charge on any atom is -0.356 e. The van der Waals surface area contributed by atoms with Crippen LogP contribution in [0.1, 0.15) is 41.3 Å². The number of hydrogen-bond donors (Lipinski definition) is 1.